The quantitative estimate of drug-likeness (QED) is 0.906. The lowest BCUT2D eigenvalue weighted by Gasteiger charge is -2.37. The summed E-state index contributed by atoms with van der Waals surface area (Å²) in [6.45, 7) is 7.99. The van der Waals surface area contributed by atoms with Gasteiger partial charge in [0.15, 0.2) is 5.13 Å². The van der Waals surface area contributed by atoms with Gasteiger partial charge in [-0.2, -0.15) is 0 Å². The molecule has 0 radical (unpaired) electrons. The molecule has 0 amide bonds. The maximum Gasteiger partial charge on any atom is 0.185 e. The van der Waals surface area contributed by atoms with Crippen molar-refractivity contribution in [1.82, 2.24) is 10.3 Å². The van der Waals surface area contributed by atoms with Crippen LogP contribution < -0.4 is 10.2 Å². The maximum absolute atomic E-state index is 4.63. The van der Waals surface area contributed by atoms with Crippen molar-refractivity contribution in [2.75, 3.05) is 18.5 Å². The van der Waals surface area contributed by atoms with Gasteiger partial charge in [-0.1, -0.05) is 13.3 Å². The van der Waals surface area contributed by atoms with Gasteiger partial charge in [-0.3, -0.25) is 0 Å². The molecular weight excluding hydrogens is 242 g/mol. The minimum Gasteiger partial charge on any atom is -0.345 e. The van der Waals surface area contributed by atoms with Gasteiger partial charge in [0, 0.05) is 29.7 Å². The minimum atomic E-state index is 0.401. The van der Waals surface area contributed by atoms with E-state index in [1.54, 1.807) is 0 Å². The molecule has 0 spiro atoms. The van der Waals surface area contributed by atoms with Crippen LogP contribution in [0.25, 0.3) is 0 Å². The fourth-order valence-corrected chi connectivity index (χ4v) is 3.62. The van der Waals surface area contributed by atoms with E-state index < -0.39 is 0 Å². The average molecular weight is 267 g/mol. The van der Waals surface area contributed by atoms with Crippen molar-refractivity contribution in [2.45, 2.75) is 52.1 Å². The van der Waals surface area contributed by atoms with Crippen LogP contribution in [0.5, 0.6) is 0 Å². The molecule has 1 aromatic heterocycles. The first kappa shape index (κ1) is 13.8. The van der Waals surface area contributed by atoms with E-state index in [2.05, 4.69) is 36.0 Å². The molecule has 3 atom stereocenters. The third kappa shape index (κ3) is 2.86. The lowest BCUT2D eigenvalue weighted by atomic mass is 9.92. The molecule has 0 aromatic carbocycles. The zero-order valence-corrected chi connectivity index (χ0v) is 12.8. The molecule has 1 N–H and O–H groups in total. The zero-order chi connectivity index (χ0) is 13.1. The Balaban J connectivity index is 2.11. The highest BCUT2D eigenvalue weighted by molar-refractivity contribution is 7.15. The molecule has 2 rings (SSSR count). The van der Waals surface area contributed by atoms with Crippen LogP contribution in [0.15, 0.2) is 6.20 Å². The summed E-state index contributed by atoms with van der Waals surface area (Å²) in [7, 11) is 2.00. The largest absolute Gasteiger partial charge is 0.345 e. The van der Waals surface area contributed by atoms with Crippen molar-refractivity contribution in [3.63, 3.8) is 0 Å². The summed E-state index contributed by atoms with van der Waals surface area (Å²) in [5.41, 5.74) is 0. The summed E-state index contributed by atoms with van der Waals surface area (Å²) in [4.78, 5) is 8.47. The molecule has 1 aromatic rings. The van der Waals surface area contributed by atoms with Gasteiger partial charge in [0.25, 0.3) is 0 Å². The molecule has 1 aliphatic rings. The highest BCUT2D eigenvalue weighted by atomic mass is 32.1. The van der Waals surface area contributed by atoms with E-state index in [4.69, 9.17) is 0 Å². The van der Waals surface area contributed by atoms with Crippen molar-refractivity contribution >= 4 is 16.5 Å². The number of nitrogens with one attached hydrogen (secondary N) is 1. The summed E-state index contributed by atoms with van der Waals surface area (Å²) in [6.07, 6.45) is 5.99. The molecule has 2 heterocycles. The molecule has 3 nitrogen and oxygen atoms in total. The Morgan fingerprint density at radius 3 is 3.00 bits per heavy atom. The van der Waals surface area contributed by atoms with Gasteiger partial charge in [-0.15, -0.1) is 11.3 Å². The summed E-state index contributed by atoms with van der Waals surface area (Å²) >= 11 is 1.84. The first-order valence-corrected chi connectivity index (χ1v) is 7.87. The molecule has 0 bridgehead atoms. The molecule has 0 aliphatic carbocycles. The second-order valence-electron chi connectivity index (χ2n) is 5.41. The Hall–Kier alpha value is -0.610. The second-order valence-corrected chi connectivity index (χ2v) is 6.45. The normalized spacial score (nSPS) is 26.3. The smallest absolute Gasteiger partial charge is 0.185 e. The topological polar surface area (TPSA) is 28.2 Å². The SMILES string of the molecule is CCC1CCC(C)N(c2ncc(C(C)NC)s2)C1. The molecule has 1 fully saturated rings. The van der Waals surface area contributed by atoms with Gasteiger partial charge >= 0.3 is 0 Å². The predicted octanol–water partition coefficient (Wildman–Crippen LogP) is 3.44. The number of rotatable bonds is 4. The Morgan fingerprint density at radius 2 is 2.33 bits per heavy atom. The number of hydrogen-bond donors (Lipinski definition) is 1. The summed E-state index contributed by atoms with van der Waals surface area (Å²) in [6, 6.07) is 1.04. The van der Waals surface area contributed by atoms with Crippen LogP contribution in [0.1, 0.15) is 51.0 Å². The number of aromatic nitrogens is 1. The Labute approximate surface area is 115 Å². The highest BCUT2D eigenvalue weighted by Gasteiger charge is 2.26. The molecular formula is C14H25N3S. The van der Waals surface area contributed by atoms with E-state index in [9.17, 15) is 0 Å². The third-order valence-electron chi connectivity index (χ3n) is 4.17. The van der Waals surface area contributed by atoms with Gasteiger partial charge in [0.2, 0.25) is 0 Å². The third-order valence-corrected chi connectivity index (χ3v) is 5.39. The Morgan fingerprint density at radius 1 is 1.56 bits per heavy atom. The molecule has 1 aliphatic heterocycles. The highest BCUT2D eigenvalue weighted by Crippen LogP contribution is 2.33. The van der Waals surface area contributed by atoms with E-state index >= 15 is 0 Å². The van der Waals surface area contributed by atoms with E-state index in [-0.39, 0.29) is 0 Å². The lowest BCUT2D eigenvalue weighted by Crippen LogP contribution is -2.41. The van der Waals surface area contributed by atoms with Crippen molar-refractivity contribution in [3.05, 3.63) is 11.1 Å². The van der Waals surface area contributed by atoms with E-state index in [0.29, 0.717) is 12.1 Å². The van der Waals surface area contributed by atoms with E-state index in [1.165, 1.54) is 35.8 Å². The summed E-state index contributed by atoms with van der Waals surface area (Å²) < 4.78 is 0. The van der Waals surface area contributed by atoms with Gasteiger partial charge in [0.1, 0.15) is 0 Å². The predicted molar refractivity (Wildman–Crippen MR) is 79.4 cm³/mol. The van der Waals surface area contributed by atoms with Gasteiger partial charge in [-0.05, 0) is 39.7 Å². The average Bonchev–Trinajstić information content (AvgIpc) is 2.88. The second kappa shape index (κ2) is 6.02. The van der Waals surface area contributed by atoms with Crippen LogP contribution in [0.4, 0.5) is 5.13 Å². The van der Waals surface area contributed by atoms with Crippen LogP contribution in [0.2, 0.25) is 0 Å². The molecule has 18 heavy (non-hydrogen) atoms. The molecule has 1 saturated heterocycles. The van der Waals surface area contributed by atoms with Gasteiger partial charge in [0.05, 0.1) is 0 Å². The molecule has 4 heteroatoms. The van der Waals surface area contributed by atoms with E-state index in [1.807, 2.05) is 24.6 Å². The molecule has 3 unspecified atom stereocenters. The minimum absolute atomic E-state index is 0.401. The summed E-state index contributed by atoms with van der Waals surface area (Å²) in [5, 5.41) is 4.49. The number of hydrogen-bond acceptors (Lipinski definition) is 4. The first-order valence-electron chi connectivity index (χ1n) is 7.05. The van der Waals surface area contributed by atoms with Crippen molar-refractivity contribution in [1.29, 1.82) is 0 Å². The standard InChI is InChI=1S/C14H25N3S/c1-5-12-7-6-10(2)17(9-12)14-16-8-13(18-14)11(3)15-4/h8,10-12,15H,5-7,9H2,1-4H3. The first-order chi connectivity index (χ1) is 8.65. The van der Waals surface area contributed by atoms with Crippen molar-refractivity contribution in [2.24, 2.45) is 5.92 Å². The van der Waals surface area contributed by atoms with Crippen LogP contribution in [0.3, 0.4) is 0 Å². The fourth-order valence-electron chi connectivity index (χ4n) is 2.53. The molecule has 102 valence electrons. The number of piperidine rings is 1. The van der Waals surface area contributed by atoms with Crippen LogP contribution >= 0.6 is 11.3 Å². The monoisotopic (exact) mass is 267 g/mol. The van der Waals surface area contributed by atoms with Gasteiger partial charge < -0.3 is 10.2 Å². The van der Waals surface area contributed by atoms with Crippen molar-refractivity contribution in [3.8, 4) is 0 Å². The van der Waals surface area contributed by atoms with Crippen molar-refractivity contribution < 1.29 is 0 Å². The number of nitrogens with zero attached hydrogens (tertiary/aromatic N) is 2. The van der Waals surface area contributed by atoms with Crippen LogP contribution in [-0.4, -0.2) is 24.6 Å². The molecule has 0 saturated carbocycles. The zero-order valence-electron chi connectivity index (χ0n) is 11.9. The fraction of sp³-hybridized carbons (Fsp3) is 0.786. The maximum atomic E-state index is 4.63. The van der Waals surface area contributed by atoms with Crippen LogP contribution in [-0.2, 0) is 0 Å². The summed E-state index contributed by atoms with van der Waals surface area (Å²) in [5.74, 6) is 0.843. The number of anilines is 1. The number of thiazole rings is 1. The van der Waals surface area contributed by atoms with E-state index in [0.717, 1.165) is 5.92 Å². The van der Waals surface area contributed by atoms with Gasteiger partial charge in [-0.25, -0.2) is 4.98 Å². The Kier molecular flexibility index (Phi) is 4.62. The Bertz CT molecular complexity index is 377. The lowest BCUT2D eigenvalue weighted by molar-refractivity contribution is 0.359. The van der Waals surface area contributed by atoms with Crippen LogP contribution in [0, 0.1) is 5.92 Å².